The van der Waals surface area contributed by atoms with Gasteiger partial charge in [-0.3, -0.25) is 0 Å². The number of alkyl halides is 3. The molecule has 0 bridgehead atoms. The number of ether oxygens (including phenoxy) is 3. The van der Waals surface area contributed by atoms with E-state index in [0.717, 1.165) is 18.6 Å². The van der Waals surface area contributed by atoms with Crippen molar-refractivity contribution in [3.63, 3.8) is 0 Å². The molecule has 0 fully saturated rings. The summed E-state index contributed by atoms with van der Waals surface area (Å²) in [6.45, 7) is 2.75. The molecule has 0 N–H and O–H groups in total. The van der Waals surface area contributed by atoms with Crippen LogP contribution in [0, 0.1) is 0 Å². The second kappa shape index (κ2) is 7.76. The van der Waals surface area contributed by atoms with Gasteiger partial charge in [-0.25, -0.2) is 0 Å². The Balaban J connectivity index is 1.91. The molecule has 0 aliphatic rings. The predicted octanol–water partition coefficient (Wildman–Crippen LogP) is 5.56. The third-order valence-corrected chi connectivity index (χ3v) is 2.88. The highest BCUT2D eigenvalue weighted by atomic mass is 19.4. The molecule has 0 saturated carbocycles. The van der Waals surface area contributed by atoms with E-state index in [0.29, 0.717) is 18.1 Å². The van der Waals surface area contributed by atoms with Crippen LogP contribution in [0.4, 0.5) is 13.2 Å². The van der Waals surface area contributed by atoms with E-state index in [1.54, 1.807) is 24.3 Å². The molecule has 0 spiro atoms. The monoisotopic (exact) mass is 326 g/mol. The Morgan fingerprint density at radius 1 is 0.783 bits per heavy atom. The van der Waals surface area contributed by atoms with Crippen LogP contribution < -0.4 is 14.2 Å². The Hall–Kier alpha value is -2.37. The maximum absolute atomic E-state index is 12.1. The van der Waals surface area contributed by atoms with E-state index in [4.69, 9.17) is 9.47 Å². The van der Waals surface area contributed by atoms with Gasteiger partial charge in [0.25, 0.3) is 0 Å². The highest BCUT2D eigenvalue weighted by molar-refractivity contribution is 5.37. The first kappa shape index (κ1) is 17.0. The van der Waals surface area contributed by atoms with Crippen molar-refractivity contribution in [2.24, 2.45) is 0 Å². The Morgan fingerprint density at radius 2 is 1.26 bits per heavy atom. The van der Waals surface area contributed by atoms with Crippen LogP contribution >= 0.6 is 0 Å². The molecule has 2 aromatic carbocycles. The van der Waals surface area contributed by atoms with E-state index in [-0.39, 0.29) is 5.75 Å². The largest absolute Gasteiger partial charge is 0.573 e. The summed E-state index contributed by atoms with van der Waals surface area (Å²) in [5.41, 5.74) is 0. The summed E-state index contributed by atoms with van der Waals surface area (Å²) in [6, 6.07) is 12.3. The molecule has 3 nitrogen and oxygen atoms in total. The normalized spacial score (nSPS) is 11.1. The molecule has 23 heavy (non-hydrogen) atoms. The number of benzene rings is 2. The predicted molar refractivity (Wildman–Crippen MR) is 80.0 cm³/mol. The molecule has 0 radical (unpaired) electrons. The molecule has 2 aromatic rings. The Morgan fingerprint density at radius 3 is 1.74 bits per heavy atom. The zero-order valence-electron chi connectivity index (χ0n) is 12.6. The molecule has 0 saturated heterocycles. The smallest absolute Gasteiger partial charge is 0.494 e. The molecular formula is C17H17F3O3. The SMILES string of the molecule is CCCCOc1ccc(Oc2ccc(OC(F)(F)F)cc2)cc1. The van der Waals surface area contributed by atoms with Gasteiger partial charge in [-0.1, -0.05) is 13.3 Å². The van der Waals surface area contributed by atoms with Gasteiger partial charge in [0, 0.05) is 0 Å². The molecule has 0 aromatic heterocycles. The van der Waals surface area contributed by atoms with E-state index >= 15 is 0 Å². The van der Waals surface area contributed by atoms with Gasteiger partial charge < -0.3 is 14.2 Å². The van der Waals surface area contributed by atoms with Gasteiger partial charge in [0.15, 0.2) is 0 Å². The molecule has 124 valence electrons. The van der Waals surface area contributed by atoms with Crippen LogP contribution in [-0.2, 0) is 0 Å². The lowest BCUT2D eigenvalue weighted by Gasteiger charge is -2.10. The summed E-state index contributed by atoms with van der Waals surface area (Å²) in [7, 11) is 0. The first-order chi connectivity index (χ1) is 11.0. The molecule has 0 aliphatic carbocycles. The molecule has 0 aliphatic heterocycles. The fourth-order valence-electron chi connectivity index (χ4n) is 1.78. The molecule has 0 heterocycles. The summed E-state index contributed by atoms with van der Waals surface area (Å²) >= 11 is 0. The first-order valence-corrected chi connectivity index (χ1v) is 7.23. The van der Waals surface area contributed by atoms with Crippen LogP contribution in [0.3, 0.4) is 0 Å². The van der Waals surface area contributed by atoms with Crippen molar-refractivity contribution in [3.05, 3.63) is 48.5 Å². The zero-order valence-corrected chi connectivity index (χ0v) is 12.6. The third-order valence-electron chi connectivity index (χ3n) is 2.88. The molecule has 2 rings (SSSR count). The number of halogens is 3. The Bertz CT molecular complexity index is 592. The van der Waals surface area contributed by atoms with Crippen molar-refractivity contribution < 1.29 is 27.4 Å². The lowest BCUT2D eigenvalue weighted by atomic mass is 10.3. The summed E-state index contributed by atoms with van der Waals surface area (Å²) in [6.07, 6.45) is -2.64. The highest BCUT2D eigenvalue weighted by Gasteiger charge is 2.30. The van der Waals surface area contributed by atoms with Gasteiger partial charge in [-0.2, -0.15) is 0 Å². The summed E-state index contributed by atoms with van der Waals surface area (Å²) in [5.74, 6) is 1.45. The van der Waals surface area contributed by atoms with E-state index in [1.807, 2.05) is 0 Å². The minimum Gasteiger partial charge on any atom is -0.494 e. The van der Waals surface area contributed by atoms with E-state index in [1.165, 1.54) is 24.3 Å². The van der Waals surface area contributed by atoms with E-state index < -0.39 is 6.36 Å². The Kier molecular flexibility index (Phi) is 5.73. The van der Waals surface area contributed by atoms with Crippen molar-refractivity contribution >= 4 is 0 Å². The fourth-order valence-corrected chi connectivity index (χ4v) is 1.78. The van der Waals surface area contributed by atoms with Gasteiger partial charge in [0.2, 0.25) is 0 Å². The van der Waals surface area contributed by atoms with Gasteiger partial charge in [0.1, 0.15) is 23.0 Å². The van der Waals surface area contributed by atoms with Crippen LogP contribution in [0.2, 0.25) is 0 Å². The van der Waals surface area contributed by atoms with Crippen LogP contribution in [0.25, 0.3) is 0 Å². The Labute approximate surface area is 132 Å². The zero-order chi connectivity index (χ0) is 16.7. The lowest BCUT2D eigenvalue weighted by molar-refractivity contribution is -0.274. The second-order valence-electron chi connectivity index (χ2n) is 4.79. The summed E-state index contributed by atoms with van der Waals surface area (Å²) < 4.78 is 51.1. The lowest BCUT2D eigenvalue weighted by Crippen LogP contribution is -2.16. The minimum absolute atomic E-state index is 0.287. The standard InChI is InChI=1S/C17H17F3O3/c1-2-3-12-21-13-4-6-14(7-5-13)22-15-8-10-16(11-9-15)23-17(18,19)20/h4-11H,2-3,12H2,1H3. The second-order valence-corrected chi connectivity index (χ2v) is 4.79. The van der Waals surface area contributed by atoms with Gasteiger partial charge in [-0.05, 0) is 55.0 Å². The minimum atomic E-state index is -4.70. The molecule has 0 amide bonds. The molecule has 6 heteroatoms. The van der Waals surface area contributed by atoms with Crippen molar-refractivity contribution in [1.82, 2.24) is 0 Å². The average Bonchev–Trinajstić information content (AvgIpc) is 2.50. The van der Waals surface area contributed by atoms with Crippen LogP contribution in [0.15, 0.2) is 48.5 Å². The first-order valence-electron chi connectivity index (χ1n) is 7.23. The van der Waals surface area contributed by atoms with Crippen LogP contribution in [-0.4, -0.2) is 13.0 Å². The van der Waals surface area contributed by atoms with Crippen LogP contribution in [0.1, 0.15) is 19.8 Å². The summed E-state index contributed by atoms with van der Waals surface area (Å²) in [4.78, 5) is 0. The van der Waals surface area contributed by atoms with Gasteiger partial charge in [0.05, 0.1) is 6.61 Å². The number of hydrogen-bond acceptors (Lipinski definition) is 3. The summed E-state index contributed by atoms with van der Waals surface area (Å²) in [5, 5.41) is 0. The molecule has 0 unspecified atom stereocenters. The van der Waals surface area contributed by atoms with E-state index in [2.05, 4.69) is 11.7 Å². The quantitative estimate of drug-likeness (QED) is 0.624. The molecular weight excluding hydrogens is 309 g/mol. The number of unbranched alkanes of at least 4 members (excludes halogenated alkanes) is 1. The van der Waals surface area contributed by atoms with Gasteiger partial charge in [-0.15, -0.1) is 13.2 Å². The fraction of sp³-hybridized carbons (Fsp3) is 0.294. The van der Waals surface area contributed by atoms with Crippen molar-refractivity contribution in [1.29, 1.82) is 0 Å². The van der Waals surface area contributed by atoms with Crippen molar-refractivity contribution in [2.45, 2.75) is 26.1 Å². The van der Waals surface area contributed by atoms with Crippen molar-refractivity contribution in [3.8, 4) is 23.0 Å². The van der Waals surface area contributed by atoms with Crippen molar-refractivity contribution in [2.75, 3.05) is 6.61 Å². The number of hydrogen-bond donors (Lipinski definition) is 0. The van der Waals surface area contributed by atoms with Crippen LogP contribution in [0.5, 0.6) is 23.0 Å². The van der Waals surface area contributed by atoms with E-state index in [9.17, 15) is 13.2 Å². The number of rotatable bonds is 7. The maximum Gasteiger partial charge on any atom is 0.573 e. The van der Waals surface area contributed by atoms with Gasteiger partial charge >= 0.3 is 6.36 Å². The maximum atomic E-state index is 12.1. The topological polar surface area (TPSA) is 27.7 Å². The highest BCUT2D eigenvalue weighted by Crippen LogP contribution is 2.28. The third kappa shape index (κ3) is 6.10. The molecule has 0 atom stereocenters. The average molecular weight is 326 g/mol.